The van der Waals surface area contributed by atoms with Gasteiger partial charge in [-0.15, -0.1) is 0 Å². The van der Waals surface area contributed by atoms with Gasteiger partial charge in [-0.3, -0.25) is 10.1 Å². The highest BCUT2D eigenvalue weighted by atomic mass is 32.2. The lowest BCUT2D eigenvalue weighted by molar-refractivity contribution is -0.385. The number of fused-ring (bicyclic) bond motifs is 1. The van der Waals surface area contributed by atoms with Crippen LogP contribution in [0.4, 0.5) is 5.69 Å². The molecule has 1 aromatic carbocycles. The summed E-state index contributed by atoms with van der Waals surface area (Å²) in [5.41, 5.74) is -0.203. The topological polar surface area (TPSA) is 92.5 Å². The Bertz CT molecular complexity index is 647. The number of rotatable bonds is 3. The average molecular weight is 311 g/mol. The molecular formula is C13H17N3O4S. The fourth-order valence-electron chi connectivity index (χ4n) is 3.11. The molecule has 0 amide bonds. The number of nitro benzene ring substituents is 1. The lowest BCUT2D eigenvalue weighted by Gasteiger charge is -2.24. The summed E-state index contributed by atoms with van der Waals surface area (Å²) >= 11 is 0. The predicted octanol–water partition coefficient (Wildman–Crippen LogP) is 0.967. The van der Waals surface area contributed by atoms with E-state index in [1.165, 1.54) is 22.5 Å². The van der Waals surface area contributed by atoms with Gasteiger partial charge in [0.05, 0.1) is 9.82 Å². The van der Waals surface area contributed by atoms with E-state index in [0.717, 1.165) is 25.5 Å². The Balaban J connectivity index is 1.87. The first-order valence-corrected chi connectivity index (χ1v) is 8.40. The standard InChI is InChI=1S/C13H17N3O4S/c17-16(18)11-4-1-5-12(7-11)21(19,20)15-8-10-3-2-6-14-13(10)9-15/h1,4-5,7,10,13-14H,2-3,6,8-9H2. The monoisotopic (exact) mass is 311 g/mol. The molecule has 2 atom stereocenters. The van der Waals surface area contributed by atoms with Crippen molar-refractivity contribution >= 4 is 15.7 Å². The van der Waals surface area contributed by atoms with Gasteiger partial charge in [-0.25, -0.2) is 8.42 Å². The Kier molecular flexibility index (Phi) is 3.68. The summed E-state index contributed by atoms with van der Waals surface area (Å²) in [7, 11) is -3.66. The zero-order chi connectivity index (χ0) is 15.0. The number of non-ortho nitro benzene ring substituents is 1. The Labute approximate surface area is 123 Å². The second-order valence-corrected chi connectivity index (χ2v) is 7.48. The first-order chi connectivity index (χ1) is 9.98. The van der Waals surface area contributed by atoms with E-state index in [1.54, 1.807) is 0 Å². The molecule has 2 heterocycles. The summed E-state index contributed by atoms with van der Waals surface area (Å²) < 4.78 is 26.7. The summed E-state index contributed by atoms with van der Waals surface area (Å²) in [5, 5.41) is 14.1. The minimum absolute atomic E-state index is 0.00431. The smallest absolute Gasteiger partial charge is 0.270 e. The SMILES string of the molecule is O=[N+]([O-])c1cccc(S(=O)(=O)N2CC3CCCNC3C2)c1. The Hall–Kier alpha value is -1.51. The molecule has 3 rings (SSSR count). The van der Waals surface area contributed by atoms with Crippen molar-refractivity contribution in [1.82, 2.24) is 9.62 Å². The second kappa shape index (κ2) is 5.36. The maximum Gasteiger partial charge on any atom is 0.270 e. The van der Waals surface area contributed by atoms with Crippen molar-refractivity contribution in [2.24, 2.45) is 5.92 Å². The summed E-state index contributed by atoms with van der Waals surface area (Å²) in [6.45, 7) is 1.85. The van der Waals surface area contributed by atoms with E-state index in [-0.39, 0.29) is 16.6 Å². The van der Waals surface area contributed by atoms with Crippen LogP contribution in [0.15, 0.2) is 29.2 Å². The molecule has 0 radical (unpaired) electrons. The van der Waals surface area contributed by atoms with Crippen LogP contribution in [0.3, 0.4) is 0 Å². The van der Waals surface area contributed by atoms with Gasteiger partial charge in [-0.2, -0.15) is 4.31 Å². The molecule has 0 spiro atoms. The van der Waals surface area contributed by atoms with Crippen LogP contribution in [0.25, 0.3) is 0 Å². The summed E-state index contributed by atoms with van der Waals surface area (Å²) in [6, 6.07) is 5.45. The van der Waals surface area contributed by atoms with Crippen LogP contribution in [0.1, 0.15) is 12.8 Å². The van der Waals surface area contributed by atoms with Crippen LogP contribution in [0, 0.1) is 16.0 Å². The van der Waals surface area contributed by atoms with E-state index in [4.69, 9.17) is 0 Å². The van der Waals surface area contributed by atoms with Crippen LogP contribution in [0.2, 0.25) is 0 Å². The number of piperidine rings is 1. The van der Waals surface area contributed by atoms with Gasteiger partial charge in [0.25, 0.3) is 5.69 Å². The number of hydrogen-bond acceptors (Lipinski definition) is 5. The van der Waals surface area contributed by atoms with Crippen LogP contribution < -0.4 is 5.32 Å². The molecule has 1 aromatic rings. The third-order valence-corrected chi connectivity index (χ3v) is 6.06. The van der Waals surface area contributed by atoms with Crippen molar-refractivity contribution in [2.45, 2.75) is 23.8 Å². The lowest BCUT2D eigenvalue weighted by atomic mass is 9.94. The van der Waals surface area contributed by atoms with Crippen LogP contribution in [-0.4, -0.2) is 43.3 Å². The lowest BCUT2D eigenvalue weighted by Crippen LogP contribution is -2.41. The van der Waals surface area contributed by atoms with E-state index in [1.807, 2.05) is 0 Å². The van der Waals surface area contributed by atoms with Crippen molar-refractivity contribution in [3.63, 3.8) is 0 Å². The van der Waals surface area contributed by atoms with Crippen LogP contribution in [-0.2, 0) is 10.0 Å². The highest BCUT2D eigenvalue weighted by Gasteiger charge is 2.40. The number of nitrogens with one attached hydrogen (secondary N) is 1. The molecule has 2 aliphatic heterocycles. The maximum atomic E-state index is 12.6. The number of sulfonamides is 1. The molecule has 0 bridgehead atoms. The molecule has 2 aliphatic rings. The molecule has 0 saturated carbocycles. The molecule has 2 saturated heterocycles. The first-order valence-electron chi connectivity index (χ1n) is 6.96. The fourth-order valence-corrected chi connectivity index (χ4v) is 4.67. The molecule has 114 valence electrons. The van der Waals surface area contributed by atoms with Crippen molar-refractivity contribution in [2.75, 3.05) is 19.6 Å². The highest BCUT2D eigenvalue weighted by molar-refractivity contribution is 7.89. The minimum atomic E-state index is -3.66. The minimum Gasteiger partial charge on any atom is -0.312 e. The van der Waals surface area contributed by atoms with E-state index in [0.29, 0.717) is 19.0 Å². The Morgan fingerprint density at radius 2 is 2.14 bits per heavy atom. The van der Waals surface area contributed by atoms with Crippen molar-refractivity contribution in [3.8, 4) is 0 Å². The third kappa shape index (κ3) is 2.66. The highest BCUT2D eigenvalue weighted by Crippen LogP contribution is 2.30. The van der Waals surface area contributed by atoms with E-state index in [2.05, 4.69) is 5.32 Å². The molecular weight excluding hydrogens is 294 g/mol. The van der Waals surface area contributed by atoms with Gasteiger partial charge in [-0.1, -0.05) is 6.07 Å². The summed E-state index contributed by atoms with van der Waals surface area (Å²) in [6.07, 6.45) is 2.09. The third-order valence-electron chi connectivity index (χ3n) is 4.23. The van der Waals surface area contributed by atoms with E-state index in [9.17, 15) is 18.5 Å². The van der Waals surface area contributed by atoms with Crippen molar-refractivity contribution in [1.29, 1.82) is 0 Å². The van der Waals surface area contributed by atoms with Gasteiger partial charge in [0.15, 0.2) is 0 Å². The molecule has 8 heteroatoms. The van der Waals surface area contributed by atoms with Crippen LogP contribution >= 0.6 is 0 Å². The molecule has 1 N–H and O–H groups in total. The maximum absolute atomic E-state index is 12.6. The van der Waals surface area contributed by atoms with Crippen molar-refractivity contribution < 1.29 is 13.3 Å². The number of nitrogens with zero attached hydrogens (tertiary/aromatic N) is 2. The molecule has 0 aliphatic carbocycles. The van der Waals surface area contributed by atoms with Gasteiger partial charge < -0.3 is 5.32 Å². The Morgan fingerprint density at radius 1 is 1.33 bits per heavy atom. The quantitative estimate of drug-likeness (QED) is 0.663. The van der Waals surface area contributed by atoms with Gasteiger partial charge in [-0.05, 0) is 31.4 Å². The summed E-state index contributed by atoms with van der Waals surface area (Å²) in [4.78, 5) is 10.2. The zero-order valence-corrected chi connectivity index (χ0v) is 12.3. The second-order valence-electron chi connectivity index (χ2n) is 5.54. The summed E-state index contributed by atoms with van der Waals surface area (Å²) in [5.74, 6) is 0.340. The Morgan fingerprint density at radius 3 is 2.86 bits per heavy atom. The molecule has 21 heavy (non-hydrogen) atoms. The van der Waals surface area contributed by atoms with Crippen molar-refractivity contribution in [3.05, 3.63) is 34.4 Å². The van der Waals surface area contributed by atoms with Gasteiger partial charge in [0.1, 0.15) is 0 Å². The molecule has 2 fully saturated rings. The van der Waals surface area contributed by atoms with E-state index >= 15 is 0 Å². The number of hydrogen-bond donors (Lipinski definition) is 1. The molecule has 0 aromatic heterocycles. The fraction of sp³-hybridized carbons (Fsp3) is 0.538. The number of benzene rings is 1. The molecule has 2 unspecified atom stereocenters. The van der Waals surface area contributed by atoms with Gasteiger partial charge >= 0.3 is 0 Å². The zero-order valence-electron chi connectivity index (χ0n) is 11.4. The van der Waals surface area contributed by atoms with E-state index < -0.39 is 14.9 Å². The average Bonchev–Trinajstić information content (AvgIpc) is 2.92. The molecule has 7 nitrogen and oxygen atoms in total. The van der Waals surface area contributed by atoms with Gasteiger partial charge in [0, 0.05) is 31.3 Å². The van der Waals surface area contributed by atoms with Gasteiger partial charge in [0.2, 0.25) is 10.0 Å². The normalized spacial score (nSPS) is 26.5. The van der Waals surface area contributed by atoms with Crippen LogP contribution in [0.5, 0.6) is 0 Å². The predicted molar refractivity (Wildman–Crippen MR) is 76.4 cm³/mol. The first kappa shape index (κ1) is 14.4. The largest absolute Gasteiger partial charge is 0.312 e. The number of nitro groups is 1.